The Balaban J connectivity index is 1.93. The van der Waals surface area contributed by atoms with Crippen LogP contribution in [-0.2, 0) is 23.7 Å². The maximum Gasteiger partial charge on any atom is 0.416 e. The lowest BCUT2D eigenvalue weighted by Crippen LogP contribution is -2.33. The molecule has 1 heterocycles. The summed E-state index contributed by atoms with van der Waals surface area (Å²) < 4.78 is 80.7. The number of alkyl halides is 6. The first-order valence-electron chi connectivity index (χ1n) is 10.8. The average molecular weight is 557 g/mol. The van der Waals surface area contributed by atoms with Gasteiger partial charge in [0.2, 0.25) is 0 Å². The topological polar surface area (TPSA) is 97.3 Å². The second-order valence-corrected chi connectivity index (χ2v) is 8.78. The van der Waals surface area contributed by atoms with E-state index in [1.165, 1.54) is 17.9 Å². The van der Waals surface area contributed by atoms with Gasteiger partial charge in [0.15, 0.2) is 5.62 Å². The van der Waals surface area contributed by atoms with E-state index in [4.69, 9.17) is 5.84 Å². The van der Waals surface area contributed by atoms with Gasteiger partial charge >= 0.3 is 12.4 Å². The zero-order valence-corrected chi connectivity index (χ0v) is 20.6. The number of rotatable bonds is 9. The molecule has 0 aliphatic carbocycles. The van der Waals surface area contributed by atoms with Gasteiger partial charge in [-0.1, -0.05) is 30.5 Å². The minimum absolute atomic E-state index is 0.105. The van der Waals surface area contributed by atoms with Gasteiger partial charge in [-0.15, -0.1) is 0 Å². The predicted molar refractivity (Wildman–Crippen MR) is 135 cm³/mol. The number of nitrogens with zero attached hydrogens (tertiary/aromatic N) is 3. The predicted octanol–water partition coefficient (Wildman–Crippen LogP) is 4.98. The van der Waals surface area contributed by atoms with Crippen LogP contribution in [0.15, 0.2) is 64.8 Å². The van der Waals surface area contributed by atoms with Gasteiger partial charge in [0.25, 0.3) is 0 Å². The quantitative estimate of drug-likeness (QED) is 0.0859. The van der Waals surface area contributed by atoms with E-state index in [0.29, 0.717) is 44.6 Å². The molecule has 38 heavy (non-hydrogen) atoms. The summed E-state index contributed by atoms with van der Waals surface area (Å²) in [6.45, 7) is 3.55. The Bertz CT molecular complexity index is 1390. The lowest BCUT2D eigenvalue weighted by atomic mass is 10.0. The lowest BCUT2D eigenvalue weighted by Gasteiger charge is -2.16. The van der Waals surface area contributed by atoms with Crippen LogP contribution in [0.2, 0.25) is 0 Å². The van der Waals surface area contributed by atoms with E-state index in [-0.39, 0.29) is 18.2 Å². The summed E-state index contributed by atoms with van der Waals surface area (Å²) in [5.41, 5.74) is 1.50. The largest absolute Gasteiger partial charge is 0.416 e. The van der Waals surface area contributed by atoms with E-state index in [1.54, 1.807) is 24.3 Å². The van der Waals surface area contributed by atoms with Crippen LogP contribution >= 0.6 is 11.8 Å². The fraction of sp³-hybridized carbons (Fsp3) is 0.208. The molecule has 0 saturated heterocycles. The molecular weight excluding hydrogens is 534 g/mol. The number of hydrazine groups is 1. The molecule has 202 valence electrons. The lowest BCUT2D eigenvalue weighted by molar-refractivity contribution is -0.143. The molecule has 2 aromatic carbocycles. The standard InChI is InChI=1S/C24H22F6N6OS/c1-14(34-31)10-33-22(32-2)21(38-13-37)8-15-3-6-20-17(7-15)12-36(35-20)11-16-4-5-18(23(25,26)27)9-19(16)24(28,29)30/h3-9,12-13,34H,1,10-11,31H2,2H3,(H,32,33)/b21-8-. The van der Waals surface area contributed by atoms with Crippen LogP contribution in [0.1, 0.15) is 22.3 Å². The molecule has 7 nitrogen and oxygen atoms in total. The van der Waals surface area contributed by atoms with E-state index < -0.39 is 30.0 Å². The molecule has 0 saturated carbocycles. The van der Waals surface area contributed by atoms with Crippen molar-refractivity contribution in [1.82, 2.24) is 20.5 Å². The first kappa shape index (κ1) is 28.8. The van der Waals surface area contributed by atoms with Gasteiger partial charge in [0, 0.05) is 24.3 Å². The maximum absolute atomic E-state index is 13.5. The first-order valence-corrected chi connectivity index (χ1v) is 11.7. The molecule has 0 fully saturated rings. The van der Waals surface area contributed by atoms with Crippen LogP contribution < -0.4 is 16.6 Å². The normalized spacial score (nSPS) is 13.1. The Kier molecular flexibility index (Phi) is 8.89. The summed E-state index contributed by atoms with van der Waals surface area (Å²) in [6, 6.07) is 6.56. The van der Waals surface area contributed by atoms with Gasteiger partial charge < -0.3 is 10.7 Å². The van der Waals surface area contributed by atoms with E-state index in [0.717, 1.165) is 17.8 Å². The van der Waals surface area contributed by atoms with Crippen molar-refractivity contribution in [3.8, 4) is 0 Å². The van der Waals surface area contributed by atoms with Gasteiger partial charge in [0.05, 0.1) is 34.6 Å². The summed E-state index contributed by atoms with van der Waals surface area (Å²) in [4.78, 5) is 15.8. The molecule has 4 N–H and O–H groups in total. The maximum atomic E-state index is 13.5. The number of halogens is 6. The highest BCUT2D eigenvalue weighted by atomic mass is 32.2. The highest BCUT2D eigenvalue weighted by Gasteiger charge is 2.38. The third kappa shape index (κ3) is 7.16. The highest BCUT2D eigenvalue weighted by molar-refractivity contribution is 8.16. The van der Waals surface area contributed by atoms with Crippen LogP contribution in [0, 0.1) is 0 Å². The van der Waals surface area contributed by atoms with Crippen molar-refractivity contribution in [2.24, 2.45) is 10.8 Å². The van der Waals surface area contributed by atoms with Gasteiger partial charge in [0.1, 0.15) is 5.84 Å². The van der Waals surface area contributed by atoms with Crippen molar-refractivity contribution in [3.63, 3.8) is 0 Å². The Hall–Kier alpha value is -3.78. The molecule has 1 aromatic heterocycles. The second kappa shape index (κ2) is 11.7. The summed E-state index contributed by atoms with van der Waals surface area (Å²) in [5, 5.41) is 7.82. The zero-order chi connectivity index (χ0) is 28.1. The van der Waals surface area contributed by atoms with Crippen molar-refractivity contribution in [2.75, 3.05) is 13.6 Å². The molecular formula is C24H22F6N6OS. The summed E-state index contributed by atoms with van der Waals surface area (Å²) >= 11 is 0.881. The van der Waals surface area contributed by atoms with Gasteiger partial charge in [-0.05, 0) is 41.5 Å². The third-order valence-electron chi connectivity index (χ3n) is 5.25. The first-order chi connectivity index (χ1) is 17.8. The Morgan fingerprint density at radius 2 is 1.89 bits per heavy atom. The molecule has 3 rings (SSSR count). The average Bonchev–Trinajstić information content (AvgIpc) is 3.24. The molecule has 3 aromatic rings. The minimum Gasteiger partial charge on any atom is -0.364 e. The van der Waals surface area contributed by atoms with Crippen molar-refractivity contribution in [1.29, 1.82) is 0 Å². The SMILES string of the molecule is C=C(CNC(=NC)/C(=C/c1ccc2nn(Cc3ccc(C(F)(F)F)cc3C(F)(F)F)cc2c1)SC=O)NN. The van der Waals surface area contributed by atoms with Crippen LogP contribution in [0.3, 0.4) is 0 Å². The number of hydrogen-bond acceptors (Lipinski definition) is 6. The van der Waals surface area contributed by atoms with E-state index in [1.807, 2.05) is 0 Å². The number of carbonyl (C=O) groups is 1. The van der Waals surface area contributed by atoms with Gasteiger partial charge in [-0.3, -0.25) is 20.3 Å². The Morgan fingerprint density at radius 3 is 2.50 bits per heavy atom. The summed E-state index contributed by atoms with van der Waals surface area (Å²) in [7, 11) is 1.53. The van der Waals surface area contributed by atoms with Crippen LogP contribution in [-0.4, -0.2) is 34.8 Å². The fourth-order valence-electron chi connectivity index (χ4n) is 3.47. The Morgan fingerprint density at radius 1 is 1.16 bits per heavy atom. The number of fused-ring (bicyclic) bond motifs is 1. The molecule has 14 heteroatoms. The Labute approximate surface area is 217 Å². The third-order valence-corrected chi connectivity index (χ3v) is 5.92. The molecule has 0 aliphatic heterocycles. The van der Waals surface area contributed by atoms with Crippen LogP contribution in [0.5, 0.6) is 0 Å². The van der Waals surface area contributed by atoms with Crippen LogP contribution in [0.25, 0.3) is 17.0 Å². The number of amidine groups is 1. The number of nitrogens with one attached hydrogen (secondary N) is 2. The number of aromatic nitrogens is 2. The summed E-state index contributed by atoms with van der Waals surface area (Å²) in [5.74, 6) is 5.70. The number of carbonyl (C=O) groups excluding carboxylic acids is 1. The van der Waals surface area contributed by atoms with E-state index in [2.05, 4.69) is 27.4 Å². The summed E-state index contributed by atoms with van der Waals surface area (Å²) in [6.07, 6.45) is -6.72. The molecule has 0 aliphatic rings. The second-order valence-electron chi connectivity index (χ2n) is 7.91. The van der Waals surface area contributed by atoms with Gasteiger partial charge in [-0.2, -0.15) is 31.4 Å². The number of thioether (sulfide) groups is 1. The van der Waals surface area contributed by atoms with E-state index >= 15 is 0 Å². The van der Waals surface area contributed by atoms with E-state index in [9.17, 15) is 31.1 Å². The molecule has 0 radical (unpaired) electrons. The molecule has 0 spiro atoms. The van der Waals surface area contributed by atoms with Crippen molar-refractivity contribution in [2.45, 2.75) is 18.9 Å². The molecule has 0 unspecified atom stereocenters. The zero-order valence-electron chi connectivity index (χ0n) is 19.8. The molecule has 0 bridgehead atoms. The van der Waals surface area contributed by atoms with Crippen LogP contribution in [0.4, 0.5) is 26.3 Å². The minimum atomic E-state index is -4.98. The van der Waals surface area contributed by atoms with Crippen molar-refractivity contribution in [3.05, 3.63) is 82.0 Å². The molecule has 0 atom stereocenters. The monoisotopic (exact) mass is 556 g/mol. The fourth-order valence-corrected chi connectivity index (χ4v) is 4.06. The molecule has 0 amide bonds. The number of aliphatic imine (C=N–C) groups is 1. The van der Waals surface area contributed by atoms with Gasteiger partial charge in [-0.25, -0.2) is 0 Å². The highest BCUT2D eigenvalue weighted by Crippen LogP contribution is 2.37. The van der Waals surface area contributed by atoms with Crippen molar-refractivity contribution >= 4 is 40.2 Å². The number of benzene rings is 2. The van der Waals surface area contributed by atoms with Crippen molar-refractivity contribution < 1.29 is 31.1 Å². The number of nitrogens with two attached hydrogens (primary N) is 1. The number of hydrogen-bond donors (Lipinski definition) is 3. The smallest absolute Gasteiger partial charge is 0.364 e.